The van der Waals surface area contributed by atoms with Crippen molar-refractivity contribution in [2.45, 2.75) is 18.9 Å². The predicted octanol–water partition coefficient (Wildman–Crippen LogP) is 5.94. The van der Waals surface area contributed by atoms with Crippen LogP contribution in [0.2, 0.25) is 0 Å². The Morgan fingerprint density at radius 2 is 1.61 bits per heavy atom. The number of urea groups is 1. The number of nitrogens with one attached hydrogen (secondary N) is 1. The molecule has 8 heteroatoms. The number of fused-ring (bicyclic) bond motifs is 1. The second kappa shape index (κ2) is 12.7. The van der Waals surface area contributed by atoms with E-state index in [1.54, 1.807) is 37.8 Å². The molecule has 1 N–H and O–H groups in total. The van der Waals surface area contributed by atoms with E-state index in [-0.39, 0.29) is 6.42 Å². The quantitative estimate of drug-likeness (QED) is 0.230. The van der Waals surface area contributed by atoms with Crippen LogP contribution in [0.25, 0.3) is 10.8 Å². The molecule has 0 aliphatic heterocycles. The van der Waals surface area contributed by atoms with E-state index in [4.69, 9.17) is 9.47 Å². The molecule has 5 aromatic rings. The van der Waals surface area contributed by atoms with Gasteiger partial charge >= 0.3 is 12.0 Å². The summed E-state index contributed by atoms with van der Waals surface area (Å²) >= 11 is 0. The number of rotatable bonds is 9. The maximum absolute atomic E-state index is 13.3. The molecule has 5 rings (SSSR count). The maximum atomic E-state index is 13.3. The van der Waals surface area contributed by atoms with Crippen LogP contribution in [-0.4, -0.2) is 42.2 Å². The number of anilines is 1. The third-order valence-corrected chi connectivity index (χ3v) is 6.79. The minimum absolute atomic E-state index is 0.245. The first-order chi connectivity index (χ1) is 20.0. The number of aromatic nitrogens is 2. The number of methoxy groups -OCH3 is 1. The van der Waals surface area contributed by atoms with E-state index in [2.05, 4.69) is 27.4 Å². The first kappa shape index (κ1) is 27.3. The van der Waals surface area contributed by atoms with Gasteiger partial charge in [0.05, 0.1) is 12.5 Å². The molecule has 41 heavy (non-hydrogen) atoms. The second-order valence-corrected chi connectivity index (χ2v) is 9.54. The van der Waals surface area contributed by atoms with Crippen LogP contribution in [0.1, 0.15) is 16.7 Å². The molecule has 0 aliphatic rings. The lowest BCUT2D eigenvalue weighted by molar-refractivity contribution is -0.142. The van der Waals surface area contributed by atoms with E-state index < -0.39 is 18.0 Å². The summed E-state index contributed by atoms with van der Waals surface area (Å²) in [6.07, 6.45) is 6.04. The minimum atomic E-state index is -0.881. The van der Waals surface area contributed by atoms with Gasteiger partial charge in [0.1, 0.15) is 11.8 Å². The van der Waals surface area contributed by atoms with Gasteiger partial charge < -0.3 is 14.8 Å². The minimum Gasteiger partial charge on any atom is -0.467 e. The van der Waals surface area contributed by atoms with Crippen molar-refractivity contribution in [3.8, 4) is 11.6 Å². The Labute approximate surface area is 238 Å². The van der Waals surface area contributed by atoms with Gasteiger partial charge in [-0.05, 0) is 58.8 Å². The molecule has 3 aromatic carbocycles. The standard InChI is InChI=1S/C33H30N4O4/c1-37(30-11-7-6-10-26(30)20-23-8-4-3-5-9-23)33(39)36-29(32(38)40-2)21-24-12-14-27(15-13-24)41-31-28-22-34-18-16-25(28)17-19-35-31/h3-19,22,29H,20-21H2,1-2H3,(H,36,39)/t29-/m0/s1. The van der Waals surface area contributed by atoms with Crippen molar-refractivity contribution >= 4 is 28.5 Å². The van der Waals surface area contributed by atoms with Gasteiger partial charge in [0.15, 0.2) is 0 Å². The summed E-state index contributed by atoms with van der Waals surface area (Å²) < 4.78 is 11.0. The summed E-state index contributed by atoms with van der Waals surface area (Å²) in [6.45, 7) is 0. The number of esters is 1. The Hall–Kier alpha value is -5.24. The summed E-state index contributed by atoms with van der Waals surface area (Å²) in [6, 6.07) is 27.6. The van der Waals surface area contributed by atoms with E-state index >= 15 is 0 Å². The highest BCUT2D eigenvalue weighted by molar-refractivity contribution is 5.95. The first-order valence-electron chi connectivity index (χ1n) is 13.2. The molecule has 2 aromatic heterocycles. The molecule has 8 nitrogen and oxygen atoms in total. The molecule has 0 radical (unpaired) electrons. The lowest BCUT2D eigenvalue weighted by Gasteiger charge is -2.24. The fourth-order valence-corrected chi connectivity index (χ4v) is 4.60. The zero-order valence-corrected chi connectivity index (χ0v) is 22.9. The number of ether oxygens (including phenoxy) is 2. The van der Waals surface area contributed by atoms with Crippen LogP contribution in [0.4, 0.5) is 10.5 Å². The first-order valence-corrected chi connectivity index (χ1v) is 13.2. The van der Waals surface area contributed by atoms with Crippen LogP contribution in [0.15, 0.2) is 110 Å². The van der Waals surface area contributed by atoms with Crippen LogP contribution in [0.3, 0.4) is 0 Å². The monoisotopic (exact) mass is 546 g/mol. The Bertz CT molecular complexity index is 1640. The molecule has 0 saturated carbocycles. The molecular weight excluding hydrogens is 516 g/mol. The number of carbonyl (C=O) groups excluding carboxylic acids is 2. The van der Waals surface area contributed by atoms with Crippen molar-refractivity contribution < 1.29 is 19.1 Å². The molecule has 0 saturated heterocycles. The highest BCUT2D eigenvalue weighted by Crippen LogP contribution is 2.27. The lowest BCUT2D eigenvalue weighted by Crippen LogP contribution is -2.48. The van der Waals surface area contributed by atoms with Crippen LogP contribution in [0.5, 0.6) is 11.6 Å². The molecule has 0 bridgehead atoms. The number of hydrogen-bond donors (Lipinski definition) is 1. The van der Waals surface area contributed by atoms with Crippen molar-refractivity contribution in [1.29, 1.82) is 0 Å². The Balaban J connectivity index is 1.27. The van der Waals surface area contributed by atoms with Gasteiger partial charge in [-0.2, -0.15) is 0 Å². The summed E-state index contributed by atoms with van der Waals surface area (Å²) in [5.74, 6) is 0.516. The van der Waals surface area contributed by atoms with Gasteiger partial charge in [0, 0.05) is 37.7 Å². The normalized spacial score (nSPS) is 11.5. The van der Waals surface area contributed by atoms with Gasteiger partial charge in [0.2, 0.25) is 5.88 Å². The summed E-state index contributed by atoms with van der Waals surface area (Å²) in [7, 11) is 3.00. The van der Waals surface area contributed by atoms with Crippen molar-refractivity contribution in [3.63, 3.8) is 0 Å². The number of hydrogen-bond acceptors (Lipinski definition) is 6. The molecule has 1 atom stereocenters. The predicted molar refractivity (Wildman–Crippen MR) is 158 cm³/mol. The maximum Gasteiger partial charge on any atom is 0.328 e. The van der Waals surface area contributed by atoms with Crippen LogP contribution in [0, 0.1) is 0 Å². The summed E-state index contributed by atoms with van der Waals surface area (Å²) in [5.41, 5.74) is 3.73. The summed E-state index contributed by atoms with van der Waals surface area (Å²) in [4.78, 5) is 36.0. The average Bonchev–Trinajstić information content (AvgIpc) is 3.02. The van der Waals surface area contributed by atoms with E-state index in [0.29, 0.717) is 18.1 Å². The average molecular weight is 547 g/mol. The van der Waals surface area contributed by atoms with Crippen molar-refractivity contribution in [1.82, 2.24) is 15.3 Å². The van der Waals surface area contributed by atoms with Crippen LogP contribution >= 0.6 is 0 Å². The molecule has 0 spiro atoms. The third kappa shape index (κ3) is 6.67. The van der Waals surface area contributed by atoms with Gasteiger partial charge in [-0.3, -0.25) is 9.88 Å². The van der Waals surface area contributed by atoms with Gasteiger partial charge in [-0.15, -0.1) is 0 Å². The fraction of sp³-hybridized carbons (Fsp3) is 0.152. The van der Waals surface area contributed by atoms with Crippen LogP contribution in [-0.2, 0) is 22.4 Å². The Morgan fingerprint density at radius 3 is 2.39 bits per heavy atom. The Kier molecular flexibility index (Phi) is 8.49. The Morgan fingerprint density at radius 1 is 0.878 bits per heavy atom. The molecule has 2 amide bonds. The molecular formula is C33H30N4O4. The van der Waals surface area contributed by atoms with Gasteiger partial charge in [-0.1, -0.05) is 60.7 Å². The van der Waals surface area contributed by atoms with Crippen molar-refractivity contribution in [2.75, 3.05) is 19.1 Å². The van der Waals surface area contributed by atoms with E-state index in [1.807, 2.05) is 66.7 Å². The van der Waals surface area contributed by atoms with Gasteiger partial charge in [0.25, 0.3) is 0 Å². The number of nitrogens with zero attached hydrogens (tertiary/aromatic N) is 3. The second-order valence-electron chi connectivity index (χ2n) is 9.54. The van der Waals surface area contributed by atoms with Gasteiger partial charge in [-0.25, -0.2) is 14.6 Å². The van der Waals surface area contributed by atoms with E-state index in [9.17, 15) is 9.59 Å². The highest BCUT2D eigenvalue weighted by atomic mass is 16.5. The zero-order valence-electron chi connectivity index (χ0n) is 22.9. The van der Waals surface area contributed by atoms with Crippen molar-refractivity contribution in [2.24, 2.45) is 0 Å². The number of pyridine rings is 2. The molecule has 0 fully saturated rings. The number of amides is 2. The molecule has 206 valence electrons. The van der Waals surface area contributed by atoms with Crippen molar-refractivity contribution in [3.05, 3.63) is 126 Å². The number of benzene rings is 3. The lowest BCUT2D eigenvalue weighted by atomic mass is 10.0. The molecule has 0 aliphatic carbocycles. The number of para-hydroxylation sites is 1. The SMILES string of the molecule is COC(=O)[C@H](Cc1ccc(Oc2nccc3ccncc23)cc1)NC(=O)N(C)c1ccccc1Cc1ccccc1. The van der Waals surface area contributed by atoms with Crippen LogP contribution < -0.4 is 15.0 Å². The topological polar surface area (TPSA) is 93.6 Å². The highest BCUT2D eigenvalue weighted by Gasteiger charge is 2.25. The third-order valence-electron chi connectivity index (χ3n) is 6.79. The smallest absolute Gasteiger partial charge is 0.328 e. The fourth-order valence-electron chi connectivity index (χ4n) is 4.60. The van der Waals surface area contributed by atoms with E-state index in [1.165, 1.54) is 12.0 Å². The molecule has 0 unspecified atom stereocenters. The number of carbonyl (C=O) groups is 2. The summed E-state index contributed by atoms with van der Waals surface area (Å²) in [5, 5.41) is 4.63. The zero-order chi connectivity index (χ0) is 28.6. The molecule has 2 heterocycles. The van der Waals surface area contributed by atoms with E-state index in [0.717, 1.165) is 33.2 Å². The largest absolute Gasteiger partial charge is 0.467 e.